The third-order valence-corrected chi connectivity index (χ3v) is 3.58. The topological polar surface area (TPSA) is 40.5 Å². The van der Waals surface area contributed by atoms with Crippen molar-refractivity contribution in [3.63, 3.8) is 0 Å². The molecule has 0 heterocycles. The van der Waals surface area contributed by atoms with Gasteiger partial charge in [0.05, 0.1) is 0 Å². The molecule has 0 aromatic rings. The Kier molecular flexibility index (Phi) is 11.9. The largest absolute Gasteiger partial charge is 0.366 e. The van der Waals surface area contributed by atoms with Crippen molar-refractivity contribution < 1.29 is 10.2 Å². The van der Waals surface area contributed by atoms with Crippen LogP contribution in [0.4, 0.5) is 0 Å². The van der Waals surface area contributed by atoms with Crippen molar-refractivity contribution in [2.75, 3.05) is 0 Å². The molecule has 0 spiro atoms. The average Bonchev–Trinajstić information content (AvgIpc) is 2.31. The second-order valence-corrected chi connectivity index (χ2v) is 5.66. The van der Waals surface area contributed by atoms with Crippen LogP contribution in [-0.2, 0) is 0 Å². The zero-order valence-electron chi connectivity index (χ0n) is 12.6. The van der Waals surface area contributed by atoms with Crippen LogP contribution in [0.2, 0.25) is 0 Å². The van der Waals surface area contributed by atoms with Gasteiger partial charge in [0.1, 0.15) is 0 Å². The number of hydrogen-bond acceptors (Lipinski definition) is 2. The molecule has 2 nitrogen and oxygen atoms in total. The molecular weight excluding hydrogens is 224 g/mol. The van der Waals surface area contributed by atoms with Gasteiger partial charge in [0, 0.05) is 12.8 Å². The number of aliphatic hydroxyl groups is 2. The predicted octanol–water partition coefficient (Wildman–Crippen LogP) is 4.78. The molecule has 0 saturated carbocycles. The van der Waals surface area contributed by atoms with Crippen LogP contribution in [-0.4, -0.2) is 16.0 Å². The summed E-state index contributed by atoms with van der Waals surface area (Å²) in [4.78, 5) is 0. The maximum Gasteiger partial charge on any atom is 0.162 e. The van der Waals surface area contributed by atoms with E-state index in [9.17, 15) is 10.2 Å². The van der Waals surface area contributed by atoms with Crippen molar-refractivity contribution in [1.29, 1.82) is 0 Å². The molecule has 0 aliphatic heterocycles. The third kappa shape index (κ3) is 12.4. The van der Waals surface area contributed by atoms with Crippen molar-refractivity contribution in [2.24, 2.45) is 0 Å². The van der Waals surface area contributed by atoms with Crippen molar-refractivity contribution in [3.05, 3.63) is 0 Å². The number of hydrogen-bond donors (Lipinski definition) is 2. The summed E-state index contributed by atoms with van der Waals surface area (Å²) < 4.78 is 0. The summed E-state index contributed by atoms with van der Waals surface area (Å²) in [5.41, 5.74) is 0. The van der Waals surface area contributed by atoms with Gasteiger partial charge in [-0.3, -0.25) is 0 Å². The van der Waals surface area contributed by atoms with Crippen LogP contribution < -0.4 is 0 Å². The lowest BCUT2D eigenvalue weighted by atomic mass is 10.0. The Labute approximate surface area is 114 Å². The zero-order chi connectivity index (χ0) is 13.7. The van der Waals surface area contributed by atoms with Crippen LogP contribution in [0.15, 0.2) is 0 Å². The van der Waals surface area contributed by atoms with E-state index in [-0.39, 0.29) is 0 Å². The summed E-state index contributed by atoms with van der Waals surface area (Å²) in [5.74, 6) is -1.41. The number of rotatable bonds is 13. The van der Waals surface area contributed by atoms with Crippen LogP contribution in [0.3, 0.4) is 0 Å². The van der Waals surface area contributed by atoms with E-state index < -0.39 is 5.79 Å². The predicted molar refractivity (Wildman–Crippen MR) is 78.5 cm³/mol. The van der Waals surface area contributed by atoms with Gasteiger partial charge in [0.25, 0.3) is 0 Å². The van der Waals surface area contributed by atoms with Crippen LogP contribution in [0.25, 0.3) is 0 Å². The van der Waals surface area contributed by atoms with E-state index in [1.54, 1.807) is 0 Å². The maximum atomic E-state index is 9.59. The second-order valence-electron chi connectivity index (χ2n) is 5.66. The highest BCUT2D eigenvalue weighted by molar-refractivity contribution is 4.63. The highest BCUT2D eigenvalue weighted by Gasteiger charge is 2.20. The van der Waals surface area contributed by atoms with Crippen molar-refractivity contribution >= 4 is 0 Å². The highest BCUT2D eigenvalue weighted by atomic mass is 16.5. The van der Waals surface area contributed by atoms with Gasteiger partial charge in [0.15, 0.2) is 5.79 Å². The Balaban J connectivity index is 3.16. The van der Waals surface area contributed by atoms with Gasteiger partial charge in [-0.25, -0.2) is 0 Å². The minimum atomic E-state index is -1.41. The first-order chi connectivity index (χ1) is 8.62. The van der Waals surface area contributed by atoms with Crippen LogP contribution in [0.5, 0.6) is 0 Å². The number of unbranched alkanes of at least 4 members (excludes halogenated alkanes) is 9. The van der Waals surface area contributed by atoms with Crippen LogP contribution in [0, 0.1) is 0 Å². The van der Waals surface area contributed by atoms with E-state index in [1.807, 2.05) is 6.92 Å². The van der Waals surface area contributed by atoms with Gasteiger partial charge < -0.3 is 10.2 Å². The maximum absolute atomic E-state index is 9.59. The Morgan fingerprint density at radius 2 is 1.00 bits per heavy atom. The van der Waals surface area contributed by atoms with E-state index >= 15 is 0 Å². The first-order valence-electron chi connectivity index (χ1n) is 8.07. The average molecular weight is 258 g/mol. The lowest BCUT2D eigenvalue weighted by molar-refractivity contribution is -0.171. The van der Waals surface area contributed by atoms with Gasteiger partial charge in [-0.1, -0.05) is 78.1 Å². The summed E-state index contributed by atoms with van der Waals surface area (Å²) in [6.07, 6.45) is 14.7. The molecule has 0 bridgehead atoms. The summed E-state index contributed by atoms with van der Waals surface area (Å²) in [6.45, 7) is 4.24. The molecule has 0 rings (SSSR count). The molecule has 0 radical (unpaired) electrons. The molecule has 0 aliphatic carbocycles. The Hall–Kier alpha value is -0.0800. The van der Waals surface area contributed by atoms with Gasteiger partial charge in [-0.05, 0) is 6.42 Å². The van der Waals surface area contributed by atoms with Crippen molar-refractivity contribution in [2.45, 2.75) is 103 Å². The summed E-state index contributed by atoms with van der Waals surface area (Å²) >= 11 is 0. The third-order valence-electron chi connectivity index (χ3n) is 3.58. The molecule has 0 aromatic carbocycles. The van der Waals surface area contributed by atoms with E-state index in [0.717, 1.165) is 19.3 Å². The Morgan fingerprint density at radius 3 is 1.44 bits per heavy atom. The standard InChI is InChI=1S/C16H34O2/c1-3-5-6-7-8-9-10-11-12-13-15-16(17,18)14-4-2/h17-18H,3-15H2,1-2H3. The SMILES string of the molecule is CCCCCCCCCCCCC(O)(O)CCC. The minimum Gasteiger partial charge on any atom is -0.366 e. The van der Waals surface area contributed by atoms with Crippen LogP contribution in [0.1, 0.15) is 97.3 Å². The minimum absolute atomic E-state index is 0.504. The summed E-state index contributed by atoms with van der Waals surface area (Å²) in [6, 6.07) is 0. The van der Waals surface area contributed by atoms with Gasteiger partial charge >= 0.3 is 0 Å². The van der Waals surface area contributed by atoms with Gasteiger partial charge in [-0.15, -0.1) is 0 Å². The molecule has 0 saturated heterocycles. The van der Waals surface area contributed by atoms with E-state index in [4.69, 9.17) is 0 Å². The van der Waals surface area contributed by atoms with Crippen LogP contribution >= 0.6 is 0 Å². The van der Waals surface area contributed by atoms with Gasteiger partial charge in [0.2, 0.25) is 0 Å². The Bertz CT molecular complexity index is 166. The first-order valence-corrected chi connectivity index (χ1v) is 8.07. The fourth-order valence-electron chi connectivity index (χ4n) is 2.42. The zero-order valence-corrected chi connectivity index (χ0v) is 12.6. The summed E-state index contributed by atoms with van der Waals surface area (Å²) in [7, 11) is 0. The molecule has 0 atom stereocenters. The normalized spacial score (nSPS) is 12.0. The molecule has 18 heavy (non-hydrogen) atoms. The lowest BCUT2D eigenvalue weighted by Gasteiger charge is -2.20. The quantitative estimate of drug-likeness (QED) is 0.369. The molecule has 2 heteroatoms. The molecule has 0 amide bonds. The molecule has 0 aromatic heterocycles. The monoisotopic (exact) mass is 258 g/mol. The van der Waals surface area contributed by atoms with Gasteiger partial charge in [-0.2, -0.15) is 0 Å². The van der Waals surface area contributed by atoms with E-state index in [0.29, 0.717) is 12.8 Å². The van der Waals surface area contributed by atoms with E-state index in [2.05, 4.69) is 6.92 Å². The molecule has 0 fully saturated rings. The van der Waals surface area contributed by atoms with Crippen molar-refractivity contribution in [3.8, 4) is 0 Å². The molecule has 2 N–H and O–H groups in total. The molecule has 0 aliphatic rings. The molecule has 0 unspecified atom stereocenters. The fraction of sp³-hybridized carbons (Fsp3) is 1.00. The van der Waals surface area contributed by atoms with E-state index in [1.165, 1.54) is 51.4 Å². The Morgan fingerprint density at radius 1 is 0.556 bits per heavy atom. The summed E-state index contributed by atoms with van der Waals surface area (Å²) in [5, 5.41) is 19.2. The second kappa shape index (κ2) is 12.0. The fourth-order valence-corrected chi connectivity index (χ4v) is 2.42. The molecule has 110 valence electrons. The lowest BCUT2D eigenvalue weighted by Crippen LogP contribution is -2.27. The molecular formula is C16H34O2. The smallest absolute Gasteiger partial charge is 0.162 e. The first kappa shape index (κ1) is 17.9. The van der Waals surface area contributed by atoms with Crippen molar-refractivity contribution in [1.82, 2.24) is 0 Å². The highest BCUT2D eigenvalue weighted by Crippen LogP contribution is 2.18.